The standard InChI is InChI=1S/C6H5.C3H7/c1-2-4-6-5-3-1;1-3-2/h1-5H;1,3H2,2H3. The van der Waals surface area contributed by atoms with Gasteiger partial charge in [-0.05, 0) is 6.07 Å². The second-order valence-electron chi connectivity index (χ2n) is 1.58. The molecule has 0 spiro atoms. The Morgan fingerprint density at radius 1 is 1.22 bits per heavy atom. The third-order valence-corrected chi connectivity index (χ3v) is 0.607. The molecule has 0 unspecified atom stereocenters. The smallest absolute Gasteiger partial charge is 0.0184 e. The van der Waals surface area contributed by atoms with E-state index in [0.29, 0.717) is 0 Å². The van der Waals surface area contributed by atoms with Crippen molar-refractivity contribution in [3.63, 3.8) is 0 Å². The van der Waals surface area contributed by atoms with Gasteiger partial charge in [0.15, 0.2) is 0 Å². The van der Waals surface area contributed by atoms with Crippen molar-refractivity contribution in [1.29, 1.82) is 0 Å². The Labute approximate surface area is 57.5 Å². The van der Waals surface area contributed by atoms with Gasteiger partial charge in [0.05, 0.1) is 0 Å². The molecule has 0 heterocycles. The third-order valence-electron chi connectivity index (χ3n) is 0.607. The van der Waals surface area contributed by atoms with E-state index in [-0.39, 0.29) is 0 Å². The van der Waals surface area contributed by atoms with E-state index in [1.807, 2.05) is 37.3 Å². The van der Waals surface area contributed by atoms with Gasteiger partial charge in [-0.3, -0.25) is 0 Å². The average Bonchev–Trinajstić information content (AvgIpc) is 1.93. The summed E-state index contributed by atoms with van der Waals surface area (Å²) in [6.45, 7) is 5.50. The van der Waals surface area contributed by atoms with E-state index in [4.69, 9.17) is 0 Å². The molecular weight excluding hydrogens is 108 g/mol. The summed E-state index contributed by atoms with van der Waals surface area (Å²) in [6.07, 6.45) is 1.00. The molecule has 48 valence electrons. The summed E-state index contributed by atoms with van der Waals surface area (Å²) in [5.41, 5.74) is 0. The second-order valence-corrected chi connectivity index (χ2v) is 1.58. The Balaban J connectivity index is 0.000000187. The van der Waals surface area contributed by atoms with E-state index in [9.17, 15) is 0 Å². The largest absolute Gasteiger partial charge is 0.0654 e. The van der Waals surface area contributed by atoms with Gasteiger partial charge in [0.1, 0.15) is 0 Å². The molecular formula is C9H12. The first kappa shape index (κ1) is 8.22. The Morgan fingerprint density at radius 3 is 1.78 bits per heavy atom. The normalized spacial score (nSPS) is 7.33. The molecule has 9 heavy (non-hydrogen) atoms. The molecule has 0 saturated carbocycles. The highest BCUT2D eigenvalue weighted by atomic mass is 13.6. The molecule has 0 fully saturated rings. The van der Waals surface area contributed by atoms with E-state index in [1.165, 1.54) is 0 Å². The van der Waals surface area contributed by atoms with Gasteiger partial charge < -0.3 is 0 Å². The van der Waals surface area contributed by atoms with Gasteiger partial charge in [-0.1, -0.05) is 50.6 Å². The van der Waals surface area contributed by atoms with Crippen LogP contribution in [0.15, 0.2) is 30.3 Å². The topological polar surface area (TPSA) is 0 Å². The van der Waals surface area contributed by atoms with Crippen LogP contribution in [0.3, 0.4) is 0 Å². The van der Waals surface area contributed by atoms with Crippen molar-refractivity contribution in [1.82, 2.24) is 0 Å². The summed E-state index contributed by atoms with van der Waals surface area (Å²) < 4.78 is 0. The first-order chi connectivity index (χ1) is 4.41. The summed E-state index contributed by atoms with van der Waals surface area (Å²) in [7, 11) is 0. The minimum Gasteiger partial charge on any atom is -0.0654 e. The summed E-state index contributed by atoms with van der Waals surface area (Å²) in [5, 5.41) is 0. The van der Waals surface area contributed by atoms with Gasteiger partial charge in [-0.25, -0.2) is 0 Å². The maximum Gasteiger partial charge on any atom is -0.0184 e. The fourth-order valence-corrected chi connectivity index (χ4v) is 0.342. The minimum atomic E-state index is 1.00. The zero-order valence-corrected chi connectivity index (χ0v) is 5.80. The van der Waals surface area contributed by atoms with E-state index < -0.39 is 0 Å². The van der Waals surface area contributed by atoms with Crippen molar-refractivity contribution >= 4 is 0 Å². The molecule has 0 aliphatic carbocycles. The van der Waals surface area contributed by atoms with E-state index in [0.717, 1.165) is 6.42 Å². The van der Waals surface area contributed by atoms with Gasteiger partial charge in [-0.2, -0.15) is 0 Å². The van der Waals surface area contributed by atoms with Crippen LogP contribution in [-0.2, 0) is 0 Å². The summed E-state index contributed by atoms with van der Waals surface area (Å²) in [6, 6.07) is 12.5. The van der Waals surface area contributed by atoms with Crippen LogP contribution < -0.4 is 0 Å². The van der Waals surface area contributed by atoms with Crippen molar-refractivity contribution in [2.24, 2.45) is 0 Å². The molecule has 2 radical (unpaired) electrons. The van der Waals surface area contributed by atoms with Crippen LogP contribution in [0.5, 0.6) is 0 Å². The van der Waals surface area contributed by atoms with Crippen molar-refractivity contribution in [3.05, 3.63) is 43.3 Å². The third kappa shape index (κ3) is 7.22. The monoisotopic (exact) mass is 120 g/mol. The fraction of sp³-hybridized carbons (Fsp3) is 0.222. The van der Waals surface area contributed by atoms with Gasteiger partial charge in [0.2, 0.25) is 0 Å². The zero-order valence-electron chi connectivity index (χ0n) is 5.80. The van der Waals surface area contributed by atoms with E-state index >= 15 is 0 Å². The molecule has 0 amide bonds. The molecule has 1 aromatic rings. The van der Waals surface area contributed by atoms with Gasteiger partial charge >= 0.3 is 0 Å². The van der Waals surface area contributed by atoms with Crippen LogP contribution in [-0.4, -0.2) is 0 Å². The molecule has 0 nitrogen and oxygen atoms in total. The second kappa shape index (κ2) is 7.22. The van der Waals surface area contributed by atoms with Crippen molar-refractivity contribution < 1.29 is 0 Å². The molecule has 0 aliphatic heterocycles. The Hall–Kier alpha value is -0.780. The summed E-state index contributed by atoms with van der Waals surface area (Å²) in [4.78, 5) is 0. The zero-order chi connectivity index (χ0) is 6.95. The van der Waals surface area contributed by atoms with Crippen LogP contribution >= 0.6 is 0 Å². The Kier molecular flexibility index (Phi) is 6.59. The lowest BCUT2D eigenvalue weighted by Crippen LogP contribution is -1.49. The summed E-state index contributed by atoms with van der Waals surface area (Å²) >= 11 is 0. The highest BCUT2D eigenvalue weighted by Crippen LogP contribution is 1.78. The van der Waals surface area contributed by atoms with Crippen LogP contribution in [0, 0.1) is 13.0 Å². The molecule has 0 aromatic heterocycles. The molecule has 0 saturated heterocycles. The minimum absolute atomic E-state index is 1.00. The van der Waals surface area contributed by atoms with Gasteiger partial charge in [-0.15, -0.1) is 0 Å². The lowest BCUT2D eigenvalue weighted by molar-refractivity contribution is 1.23. The van der Waals surface area contributed by atoms with Crippen molar-refractivity contribution in [3.8, 4) is 0 Å². The quantitative estimate of drug-likeness (QED) is 0.494. The van der Waals surface area contributed by atoms with Gasteiger partial charge in [0.25, 0.3) is 0 Å². The lowest BCUT2D eigenvalue weighted by Gasteiger charge is -1.68. The van der Waals surface area contributed by atoms with E-state index in [1.54, 1.807) is 0 Å². The molecule has 0 aliphatic rings. The molecule has 0 bridgehead atoms. The predicted octanol–water partition coefficient (Wildman–Crippen LogP) is 2.72. The number of benzene rings is 1. The molecule has 0 N–H and O–H groups in total. The Bertz CT molecular complexity index is 82.9. The highest BCUT2D eigenvalue weighted by molar-refractivity contribution is 4.97. The van der Waals surface area contributed by atoms with Crippen LogP contribution in [0.4, 0.5) is 0 Å². The molecule has 1 rings (SSSR count). The highest BCUT2D eigenvalue weighted by Gasteiger charge is 1.58. The first-order valence-corrected chi connectivity index (χ1v) is 3.12. The molecule has 0 heteroatoms. The van der Waals surface area contributed by atoms with Crippen LogP contribution in [0.2, 0.25) is 0 Å². The predicted molar refractivity (Wildman–Crippen MR) is 40.9 cm³/mol. The number of rotatable bonds is 0. The fourth-order valence-electron chi connectivity index (χ4n) is 0.342. The maximum atomic E-state index is 3.49. The average molecular weight is 120 g/mol. The van der Waals surface area contributed by atoms with E-state index in [2.05, 4.69) is 13.0 Å². The lowest BCUT2D eigenvalue weighted by atomic mass is 10.4. The first-order valence-electron chi connectivity index (χ1n) is 3.12. The van der Waals surface area contributed by atoms with Crippen LogP contribution in [0.25, 0.3) is 0 Å². The van der Waals surface area contributed by atoms with Crippen molar-refractivity contribution in [2.45, 2.75) is 13.3 Å². The molecule has 1 aromatic carbocycles. The Morgan fingerprint density at radius 2 is 1.67 bits per heavy atom. The number of hydrogen-bond acceptors (Lipinski definition) is 0. The van der Waals surface area contributed by atoms with Crippen LogP contribution in [0.1, 0.15) is 13.3 Å². The van der Waals surface area contributed by atoms with Crippen molar-refractivity contribution in [2.75, 3.05) is 0 Å². The SMILES string of the molecule is [CH2]CC.[c]1ccccc1. The summed E-state index contributed by atoms with van der Waals surface area (Å²) in [5.74, 6) is 0. The molecule has 0 atom stereocenters. The van der Waals surface area contributed by atoms with Gasteiger partial charge in [0, 0.05) is 0 Å². The number of hydrogen-bond donors (Lipinski definition) is 0. The maximum absolute atomic E-state index is 3.49.